The van der Waals surface area contributed by atoms with Crippen LogP contribution in [0.2, 0.25) is 11.1 Å². The fourth-order valence-electron chi connectivity index (χ4n) is 2.06. The number of unbranched alkanes of at least 4 members (excludes halogenated alkanes) is 1. The normalized spacial score (nSPS) is 13.1. The monoisotopic (exact) mass is 246 g/mol. The van der Waals surface area contributed by atoms with E-state index in [0.717, 1.165) is 25.7 Å². The van der Waals surface area contributed by atoms with Crippen LogP contribution >= 0.6 is 0 Å². The molecule has 0 unspecified atom stereocenters. The summed E-state index contributed by atoms with van der Waals surface area (Å²) in [4.78, 5) is 0. The fraction of sp³-hybridized carbons (Fsp3) is 1.00. The van der Waals surface area contributed by atoms with Crippen molar-refractivity contribution in [1.82, 2.24) is 0 Å². The number of hydrogen-bond acceptors (Lipinski definition) is 2. The van der Waals surface area contributed by atoms with Crippen LogP contribution in [0.15, 0.2) is 0 Å². The van der Waals surface area contributed by atoms with Crippen molar-refractivity contribution in [3.63, 3.8) is 0 Å². The van der Waals surface area contributed by atoms with E-state index in [9.17, 15) is 0 Å². The summed E-state index contributed by atoms with van der Waals surface area (Å²) < 4.78 is 12.3. The Morgan fingerprint density at radius 1 is 0.938 bits per heavy atom. The maximum absolute atomic E-state index is 6.14. The predicted molar refractivity (Wildman–Crippen MR) is 73.1 cm³/mol. The lowest BCUT2D eigenvalue weighted by Crippen LogP contribution is -2.51. The summed E-state index contributed by atoms with van der Waals surface area (Å²) in [5, 5.41) is 0.203. The van der Waals surface area contributed by atoms with Crippen LogP contribution in [-0.4, -0.2) is 21.8 Å². The van der Waals surface area contributed by atoms with Gasteiger partial charge in [-0.1, -0.05) is 40.5 Å². The zero-order valence-corrected chi connectivity index (χ0v) is 13.1. The Morgan fingerprint density at radius 2 is 1.44 bits per heavy atom. The third-order valence-electron chi connectivity index (χ3n) is 3.53. The van der Waals surface area contributed by atoms with E-state index in [-0.39, 0.29) is 5.04 Å². The van der Waals surface area contributed by atoms with Gasteiger partial charge in [0, 0.05) is 18.3 Å². The van der Waals surface area contributed by atoms with Crippen molar-refractivity contribution >= 4 is 8.56 Å². The van der Waals surface area contributed by atoms with Gasteiger partial charge in [0.05, 0.1) is 0 Å². The van der Waals surface area contributed by atoms with Gasteiger partial charge in [0.15, 0.2) is 0 Å². The molecule has 16 heavy (non-hydrogen) atoms. The second-order valence-corrected chi connectivity index (χ2v) is 8.90. The Hall–Kier alpha value is 0.137. The van der Waals surface area contributed by atoms with Gasteiger partial charge in [-0.15, -0.1) is 0 Å². The maximum atomic E-state index is 6.14. The molecule has 98 valence electrons. The Balaban J connectivity index is 4.90. The van der Waals surface area contributed by atoms with Gasteiger partial charge in [-0.3, -0.25) is 0 Å². The van der Waals surface area contributed by atoms with Gasteiger partial charge in [-0.05, 0) is 26.3 Å². The molecule has 0 fully saturated rings. The van der Waals surface area contributed by atoms with E-state index in [2.05, 4.69) is 41.5 Å². The highest BCUT2D eigenvalue weighted by Gasteiger charge is 2.49. The lowest BCUT2D eigenvalue weighted by Gasteiger charge is -2.42. The first-order valence-corrected chi connectivity index (χ1v) is 8.79. The van der Waals surface area contributed by atoms with Crippen molar-refractivity contribution in [2.75, 3.05) is 13.2 Å². The molecule has 0 aliphatic carbocycles. The molecule has 0 radical (unpaired) electrons. The van der Waals surface area contributed by atoms with Crippen molar-refractivity contribution in [3.8, 4) is 0 Å². The van der Waals surface area contributed by atoms with E-state index in [1.807, 2.05) is 0 Å². The minimum atomic E-state index is -2.04. The lowest BCUT2D eigenvalue weighted by atomic mass is 10.1. The van der Waals surface area contributed by atoms with Crippen LogP contribution in [-0.2, 0) is 8.85 Å². The molecule has 0 N–H and O–H groups in total. The van der Waals surface area contributed by atoms with E-state index in [1.54, 1.807) is 0 Å². The minimum absolute atomic E-state index is 0.203. The molecule has 0 aliphatic rings. The summed E-state index contributed by atoms with van der Waals surface area (Å²) in [6.07, 6.45) is 3.56. The summed E-state index contributed by atoms with van der Waals surface area (Å²) in [5.41, 5.74) is 0. The molecular weight excluding hydrogens is 216 g/mol. The van der Waals surface area contributed by atoms with Crippen LogP contribution in [0.25, 0.3) is 0 Å². The van der Waals surface area contributed by atoms with E-state index < -0.39 is 8.56 Å². The molecule has 0 rings (SSSR count). The third-order valence-corrected chi connectivity index (χ3v) is 8.47. The van der Waals surface area contributed by atoms with Crippen molar-refractivity contribution < 1.29 is 8.85 Å². The first-order valence-electron chi connectivity index (χ1n) is 6.77. The molecule has 2 nitrogen and oxygen atoms in total. The molecule has 0 atom stereocenters. The Bertz CT molecular complexity index is 175. The molecule has 0 bridgehead atoms. The van der Waals surface area contributed by atoms with E-state index in [4.69, 9.17) is 8.85 Å². The van der Waals surface area contributed by atoms with Gasteiger partial charge in [0.2, 0.25) is 0 Å². The molecule has 0 aromatic heterocycles. The SMILES string of the molecule is CCCC[Si](OCC)(OCC)C(C)(C)CC. The zero-order chi connectivity index (χ0) is 12.7. The fourth-order valence-corrected chi connectivity index (χ4v) is 6.18. The molecule has 0 amide bonds. The largest absolute Gasteiger partial charge is 0.394 e. The molecule has 0 heterocycles. The highest BCUT2D eigenvalue weighted by atomic mass is 28.4. The molecular formula is C13H30O2Si. The maximum Gasteiger partial charge on any atom is 0.343 e. The number of hydrogen-bond donors (Lipinski definition) is 0. The zero-order valence-electron chi connectivity index (χ0n) is 12.1. The smallest absolute Gasteiger partial charge is 0.343 e. The van der Waals surface area contributed by atoms with Crippen LogP contribution in [0, 0.1) is 0 Å². The lowest BCUT2D eigenvalue weighted by molar-refractivity contribution is 0.155. The molecule has 0 saturated carbocycles. The Morgan fingerprint density at radius 3 is 1.75 bits per heavy atom. The number of rotatable bonds is 9. The summed E-state index contributed by atoms with van der Waals surface area (Å²) in [5.74, 6) is 0. The summed E-state index contributed by atoms with van der Waals surface area (Å²) in [7, 11) is -2.04. The average molecular weight is 246 g/mol. The highest BCUT2D eigenvalue weighted by Crippen LogP contribution is 2.44. The van der Waals surface area contributed by atoms with Gasteiger partial charge in [-0.25, -0.2) is 0 Å². The second kappa shape index (κ2) is 7.46. The van der Waals surface area contributed by atoms with Crippen molar-refractivity contribution in [3.05, 3.63) is 0 Å². The first-order chi connectivity index (χ1) is 7.49. The van der Waals surface area contributed by atoms with Gasteiger partial charge in [-0.2, -0.15) is 0 Å². The Labute approximate surface area is 103 Å². The standard InChI is InChI=1S/C13H30O2Si/c1-7-11-12-16(14-9-3,15-10-4)13(5,6)8-2/h7-12H2,1-6H3. The first kappa shape index (κ1) is 16.1. The predicted octanol–water partition coefficient (Wildman–Crippen LogP) is 4.49. The van der Waals surface area contributed by atoms with Crippen LogP contribution < -0.4 is 0 Å². The van der Waals surface area contributed by atoms with Crippen LogP contribution in [0.5, 0.6) is 0 Å². The highest BCUT2D eigenvalue weighted by molar-refractivity contribution is 6.70. The van der Waals surface area contributed by atoms with Crippen molar-refractivity contribution in [2.45, 2.75) is 71.9 Å². The average Bonchev–Trinajstić information content (AvgIpc) is 2.26. The Kier molecular flexibility index (Phi) is 7.52. The molecule has 0 aromatic rings. The summed E-state index contributed by atoms with van der Waals surface area (Å²) >= 11 is 0. The van der Waals surface area contributed by atoms with Crippen LogP contribution in [0.3, 0.4) is 0 Å². The minimum Gasteiger partial charge on any atom is -0.394 e. The van der Waals surface area contributed by atoms with Gasteiger partial charge in [0.1, 0.15) is 0 Å². The molecule has 0 aliphatic heterocycles. The van der Waals surface area contributed by atoms with Crippen molar-refractivity contribution in [2.24, 2.45) is 0 Å². The second-order valence-electron chi connectivity index (χ2n) is 4.96. The summed E-state index contributed by atoms with van der Waals surface area (Å²) in [6, 6.07) is 1.13. The molecule has 0 aromatic carbocycles. The summed E-state index contributed by atoms with van der Waals surface area (Å²) in [6.45, 7) is 14.8. The van der Waals surface area contributed by atoms with Crippen LogP contribution in [0.1, 0.15) is 60.8 Å². The van der Waals surface area contributed by atoms with Crippen molar-refractivity contribution in [1.29, 1.82) is 0 Å². The topological polar surface area (TPSA) is 18.5 Å². The van der Waals surface area contributed by atoms with E-state index in [1.165, 1.54) is 12.8 Å². The molecule has 0 spiro atoms. The van der Waals surface area contributed by atoms with E-state index in [0.29, 0.717) is 0 Å². The third kappa shape index (κ3) is 3.86. The van der Waals surface area contributed by atoms with Crippen LogP contribution in [0.4, 0.5) is 0 Å². The van der Waals surface area contributed by atoms with E-state index >= 15 is 0 Å². The molecule has 0 saturated heterocycles. The quantitative estimate of drug-likeness (QED) is 0.558. The van der Waals surface area contributed by atoms with Gasteiger partial charge >= 0.3 is 8.56 Å². The van der Waals surface area contributed by atoms with Gasteiger partial charge < -0.3 is 8.85 Å². The molecule has 3 heteroatoms. The van der Waals surface area contributed by atoms with Gasteiger partial charge in [0.25, 0.3) is 0 Å².